The van der Waals surface area contributed by atoms with Gasteiger partial charge in [0, 0.05) is 20.6 Å². The first-order chi connectivity index (χ1) is 13.6. The van der Waals surface area contributed by atoms with Crippen LogP contribution in [-0.2, 0) is 6.54 Å². The number of aromatic nitrogens is 2. The van der Waals surface area contributed by atoms with Crippen molar-refractivity contribution in [1.29, 1.82) is 0 Å². The van der Waals surface area contributed by atoms with Crippen LogP contribution < -0.4 is 5.32 Å². The molecule has 2 N–H and O–H groups in total. The van der Waals surface area contributed by atoms with Gasteiger partial charge in [-0.05, 0) is 31.8 Å². The van der Waals surface area contributed by atoms with E-state index in [0.717, 1.165) is 28.8 Å². The zero-order valence-electron chi connectivity index (χ0n) is 17.3. The van der Waals surface area contributed by atoms with E-state index in [9.17, 15) is 0 Å². The maximum absolute atomic E-state index is 5.57. The van der Waals surface area contributed by atoms with Gasteiger partial charge in [-0.3, -0.25) is 9.89 Å². The van der Waals surface area contributed by atoms with Gasteiger partial charge in [0.05, 0.1) is 30.7 Å². The summed E-state index contributed by atoms with van der Waals surface area (Å²) < 4.78 is 5.57. The summed E-state index contributed by atoms with van der Waals surface area (Å²) in [5.41, 5.74) is 2.14. The van der Waals surface area contributed by atoms with Gasteiger partial charge in [0.25, 0.3) is 0 Å². The van der Waals surface area contributed by atoms with Crippen LogP contribution in [0.5, 0.6) is 0 Å². The number of rotatable bonds is 7. The minimum absolute atomic E-state index is 0. The van der Waals surface area contributed by atoms with E-state index in [0.29, 0.717) is 13.1 Å². The lowest BCUT2D eigenvalue weighted by Gasteiger charge is -2.26. The summed E-state index contributed by atoms with van der Waals surface area (Å²) >= 11 is 0. The second-order valence-corrected chi connectivity index (χ2v) is 6.89. The van der Waals surface area contributed by atoms with E-state index in [4.69, 9.17) is 4.42 Å². The fourth-order valence-corrected chi connectivity index (χ4v) is 3.10. The molecule has 3 rings (SSSR count). The highest BCUT2D eigenvalue weighted by Crippen LogP contribution is 2.18. The third-order valence-corrected chi connectivity index (χ3v) is 4.62. The molecule has 3 aromatic rings. The number of furan rings is 1. The predicted molar refractivity (Wildman–Crippen MR) is 127 cm³/mol. The van der Waals surface area contributed by atoms with Gasteiger partial charge in [0.2, 0.25) is 0 Å². The second kappa shape index (κ2) is 11.0. The number of nitrogens with one attached hydrogen (secondary N) is 2. The molecule has 2 aromatic heterocycles. The molecule has 0 saturated heterocycles. The first-order valence-electron chi connectivity index (χ1n) is 9.29. The number of hydrogen-bond acceptors (Lipinski definition) is 4. The van der Waals surface area contributed by atoms with E-state index in [1.807, 2.05) is 62.6 Å². The highest BCUT2D eigenvalue weighted by molar-refractivity contribution is 14.0. The third kappa shape index (κ3) is 6.07. The fourth-order valence-electron chi connectivity index (χ4n) is 3.10. The molecule has 1 unspecified atom stereocenters. The number of halogens is 1. The summed E-state index contributed by atoms with van der Waals surface area (Å²) in [5.74, 6) is 2.62. The topological polar surface area (TPSA) is 72.7 Å². The van der Waals surface area contributed by atoms with E-state index in [-0.39, 0.29) is 30.0 Å². The zero-order chi connectivity index (χ0) is 19.9. The van der Waals surface area contributed by atoms with Crippen molar-refractivity contribution in [2.45, 2.75) is 12.6 Å². The zero-order valence-corrected chi connectivity index (χ0v) is 19.6. The number of H-pyrrole nitrogens is 1. The van der Waals surface area contributed by atoms with Crippen LogP contribution in [0.2, 0.25) is 0 Å². The van der Waals surface area contributed by atoms with E-state index in [2.05, 4.69) is 37.3 Å². The predicted octanol–water partition coefficient (Wildman–Crippen LogP) is 3.60. The largest absolute Gasteiger partial charge is 0.468 e. The number of guanidine groups is 1. The second-order valence-electron chi connectivity index (χ2n) is 6.89. The molecule has 2 heterocycles. The monoisotopic (exact) mass is 508 g/mol. The Balaban J connectivity index is 0.00000300. The Kier molecular flexibility index (Phi) is 8.71. The van der Waals surface area contributed by atoms with Crippen LogP contribution in [0.25, 0.3) is 11.3 Å². The summed E-state index contributed by atoms with van der Waals surface area (Å²) in [4.78, 5) is 16.5. The normalized spacial score (nSPS) is 12.5. The summed E-state index contributed by atoms with van der Waals surface area (Å²) in [7, 11) is 7.86. The van der Waals surface area contributed by atoms with Crippen molar-refractivity contribution >= 4 is 29.9 Å². The lowest BCUT2D eigenvalue weighted by Crippen LogP contribution is -2.42. The van der Waals surface area contributed by atoms with Crippen molar-refractivity contribution in [2.75, 3.05) is 34.7 Å². The molecule has 0 saturated carbocycles. The van der Waals surface area contributed by atoms with Crippen molar-refractivity contribution in [3.05, 3.63) is 66.5 Å². The van der Waals surface area contributed by atoms with Crippen LogP contribution in [0.4, 0.5) is 0 Å². The molecule has 0 aliphatic carbocycles. The van der Waals surface area contributed by atoms with Crippen LogP contribution in [0.1, 0.15) is 17.6 Å². The van der Waals surface area contributed by atoms with Gasteiger partial charge in [0.1, 0.15) is 11.6 Å². The molecular formula is C21H29IN6O. The van der Waals surface area contributed by atoms with Crippen LogP contribution in [0.15, 0.2) is 64.3 Å². The smallest absolute Gasteiger partial charge is 0.193 e. The summed E-state index contributed by atoms with van der Waals surface area (Å²) in [6.07, 6.45) is 3.57. The molecule has 0 bridgehead atoms. The number of likely N-dealkylation sites (N-methyl/N-ethyl adjacent to an activating group) is 1. The fraction of sp³-hybridized carbons (Fsp3) is 0.333. The first-order valence-corrected chi connectivity index (χ1v) is 9.29. The third-order valence-electron chi connectivity index (χ3n) is 4.62. The number of imidazole rings is 1. The van der Waals surface area contributed by atoms with E-state index < -0.39 is 0 Å². The number of benzene rings is 1. The number of hydrogen-bond donors (Lipinski definition) is 2. The van der Waals surface area contributed by atoms with Crippen molar-refractivity contribution in [3.63, 3.8) is 0 Å². The molecule has 8 heteroatoms. The molecule has 29 heavy (non-hydrogen) atoms. The van der Waals surface area contributed by atoms with E-state index >= 15 is 0 Å². The number of aromatic amines is 1. The number of nitrogens with zero attached hydrogens (tertiary/aromatic N) is 4. The average molecular weight is 508 g/mol. The molecule has 1 aromatic carbocycles. The summed E-state index contributed by atoms with van der Waals surface area (Å²) in [5, 5.41) is 3.43. The SMILES string of the molecule is CN=C(NCC(c1ccco1)N(C)C)N(C)Cc1ncc(-c2ccccc2)[nH]1.I. The Morgan fingerprint density at radius 1 is 1.17 bits per heavy atom. The van der Waals surface area contributed by atoms with Gasteiger partial charge in [-0.1, -0.05) is 30.3 Å². The van der Waals surface area contributed by atoms with E-state index in [1.165, 1.54) is 0 Å². The molecule has 0 aliphatic heterocycles. The molecule has 7 nitrogen and oxygen atoms in total. The minimum Gasteiger partial charge on any atom is -0.468 e. The molecule has 0 spiro atoms. The van der Waals surface area contributed by atoms with Crippen LogP contribution >= 0.6 is 24.0 Å². The van der Waals surface area contributed by atoms with Crippen molar-refractivity contribution in [3.8, 4) is 11.3 Å². The highest BCUT2D eigenvalue weighted by atomic mass is 127. The van der Waals surface area contributed by atoms with Gasteiger partial charge < -0.3 is 19.6 Å². The van der Waals surface area contributed by atoms with Crippen molar-refractivity contribution in [1.82, 2.24) is 25.1 Å². The average Bonchev–Trinajstić information content (AvgIpc) is 3.38. The van der Waals surface area contributed by atoms with Gasteiger partial charge in [-0.15, -0.1) is 24.0 Å². The Bertz CT molecular complexity index is 876. The lowest BCUT2D eigenvalue weighted by molar-refractivity contribution is 0.256. The van der Waals surface area contributed by atoms with Crippen LogP contribution in [0, 0.1) is 0 Å². The molecule has 0 radical (unpaired) electrons. The molecule has 0 amide bonds. The molecule has 156 valence electrons. The molecule has 0 fully saturated rings. The van der Waals surface area contributed by atoms with Crippen LogP contribution in [0.3, 0.4) is 0 Å². The van der Waals surface area contributed by atoms with Gasteiger partial charge in [0.15, 0.2) is 5.96 Å². The Morgan fingerprint density at radius 2 is 1.93 bits per heavy atom. The first kappa shape index (κ1) is 23.0. The lowest BCUT2D eigenvalue weighted by atomic mass is 10.2. The number of aliphatic imine (C=N–C) groups is 1. The Hall–Kier alpha value is -2.33. The maximum atomic E-state index is 5.57. The Morgan fingerprint density at radius 3 is 2.55 bits per heavy atom. The highest BCUT2D eigenvalue weighted by Gasteiger charge is 2.18. The standard InChI is InChI=1S/C21H28N6O.HI/c1-22-21(24-14-18(26(2)3)19-11-8-12-28-19)27(4)15-20-23-13-17(25-20)16-9-6-5-7-10-16;/h5-13,18H,14-15H2,1-4H3,(H,22,24)(H,23,25);1H. The van der Waals surface area contributed by atoms with Gasteiger partial charge in [-0.25, -0.2) is 4.98 Å². The minimum atomic E-state index is 0. The maximum Gasteiger partial charge on any atom is 0.193 e. The Labute approximate surface area is 189 Å². The molecule has 0 aliphatic rings. The van der Waals surface area contributed by atoms with E-state index in [1.54, 1.807) is 13.3 Å². The van der Waals surface area contributed by atoms with Crippen LogP contribution in [-0.4, -0.2) is 60.5 Å². The van der Waals surface area contributed by atoms with Crippen molar-refractivity contribution in [2.24, 2.45) is 4.99 Å². The summed E-state index contributed by atoms with van der Waals surface area (Å²) in [6, 6.07) is 14.2. The van der Waals surface area contributed by atoms with Gasteiger partial charge in [-0.2, -0.15) is 0 Å². The summed E-state index contributed by atoms with van der Waals surface area (Å²) in [6.45, 7) is 1.31. The molecule has 1 atom stereocenters. The van der Waals surface area contributed by atoms with Gasteiger partial charge >= 0.3 is 0 Å². The molecular weight excluding hydrogens is 479 g/mol. The quantitative estimate of drug-likeness (QED) is 0.290. The van der Waals surface area contributed by atoms with Crippen molar-refractivity contribution < 1.29 is 4.42 Å².